The molecule has 0 aliphatic carbocycles. The van der Waals surface area contributed by atoms with E-state index in [2.05, 4.69) is 38.5 Å². The number of nitrogen functional groups attached to an aromatic ring is 1. The first-order valence-corrected chi connectivity index (χ1v) is 12.2. The van der Waals surface area contributed by atoms with Gasteiger partial charge in [-0.05, 0) is 53.8 Å². The van der Waals surface area contributed by atoms with E-state index in [-0.39, 0.29) is 17.5 Å². The summed E-state index contributed by atoms with van der Waals surface area (Å²) in [5, 5.41) is 3.34. The lowest BCUT2D eigenvalue weighted by atomic mass is 10.1. The molecule has 0 spiro atoms. The number of anilines is 1. The summed E-state index contributed by atoms with van der Waals surface area (Å²) in [6, 6.07) is 14.2. The van der Waals surface area contributed by atoms with E-state index >= 15 is 0 Å². The number of allylic oxidation sites excluding steroid dienone is 1. The molecule has 37 heavy (non-hydrogen) atoms. The van der Waals surface area contributed by atoms with E-state index in [1.165, 1.54) is 5.56 Å². The molecule has 192 valence electrons. The number of nitrogens with zero attached hydrogens (tertiary/aromatic N) is 3. The standard InChI is InChI=1S/C27H30N6O4/c1-35-14-12-29-16-18-6-9-21(10-7-18)37-22-11-8-19-15-20(22)5-3-2-4-13-36-26-31-24(28)23-25(32-26)33(17-19)27(34)30-23/h2-3,6-11,15,29H,4-5,12-14,16-17H2,1H3,(H,30,34)(H2,28,31,32)/b3-2+. The Balaban J connectivity index is 1.41. The number of aromatic amines is 1. The van der Waals surface area contributed by atoms with E-state index in [0.717, 1.165) is 35.7 Å². The molecule has 2 aromatic heterocycles. The van der Waals surface area contributed by atoms with Gasteiger partial charge in [0, 0.05) is 20.2 Å². The molecule has 0 saturated carbocycles. The van der Waals surface area contributed by atoms with Gasteiger partial charge in [-0.15, -0.1) is 0 Å². The van der Waals surface area contributed by atoms with Crippen molar-refractivity contribution in [3.8, 4) is 17.5 Å². The summed E-state index contributed by atoms with van der Waals surface area (Å²) in [7, 11) is 1.69. The van der Waals surface area contributed by atoms with Crippen LogP contribution in [0.4, 0.5) is 5.82 Å². The van der Waals surface area contributed by atoms with Crippen molar-refractivity contribution in [2.75, 3.05) is 32.6 Å². The fourth-order valence-corrected chi connectivity index (χ4v) is 4.17. The Morgan fingerprint density at radius 3 is 2.86 bits per heavy atom. The molecular weight excluding hydrogens is 472 g/mol. The Hall–Kier alpha value is -4.15. The van der Waals surface area contributed by atoms with Crippen LogP contribution in [0.15, 0.2) is 59.4 Å². The average Bonchev–Trinajstić information content (AvgIpc) is 3.21. The van der Waals surface area contributed by atoms with Crippen molar-refractivity contribution in [2.24, 2.45) is 0 Å². The monoisotopic (exact) mass is 502 g/mol. The zero-order valence-electron chi connectivity index (χ0n) is 20.7. The second-order valence-electron chi connectivity index (χ2n) is 8.78. The topological polar surface area (TPSA) is 129 Å². The molecule has 1 aliphatic rings. The van der Waals surface area contributed by atoms with Crippen molar-refractivity contribution in [1.82, 2.24) is 24.8 Å². The predicted molar refractivity (Wildman–Crippen MR) is 141 cm³/mol. The van der Waals surface area contributed by atoms with E-state index in [4.69, 9.17) is 19.9 Å². The molecule has 0 fully saturated rings. The first-order valence-electron chi connectivity index (χ1n) is 12.2. The Labute approximate surface area is 214 Å². The molecule has 5 rings (SSSR count). The van der Waals surface area contributed by atoms with Gasteiger partial charge < -0.3 is 30.2 Å². The normalized spacial score (nSPS) is 14.3. The number of methoxy groups -OCH3 is 1. The van der Waals surface area contributed by atoms with E-state index in [9.17, 15) is 4.79 Å². The van der Waals surface area contributed by atoms with Crippen molar-refractivity contribution in [1.29, 1.82) is 0 Å². The van der Waals surface area contributed by atoms with Gasteiger partial charge in [-0.3, -0.25) is 4.57 Å². The van der Waals surface area contributed by atoms with E-state index in [1.54, 1.807) is 11.7 Å². The van der Waals surface area contributed by atoms with Gasteiger partial charge in [0.15, 0.2) is 11.5 Å². The molecule has 0 amide bonds. The molecule has 2 aromatic carbocycles. The van der Waals surface area contributed by atoms with Crippen LogP contribution in [0.1, 0.15) is 23.1 Å². The molecule has 0 atom stereocenters. The van der Waals surface area contributed by atoms with Crippen molar-refractivity contribution in [3.05, 3.63) is 81.8 Å². The first-order chi connectivity index (χ1) is 18.1. The quantitative estimate of drug-likeness (QED) is 0.260. The van der Waals surface area contributed by atoms with Crippen LogP contribution in [-0.2, 0) is 24.2 Å². The highest BCUT2D eigenvalue weighted by Gasteiger charge is 2.16. The average molecular weight is 503 g/mol. The maximum atomic E-state index is 12.7. The lowest BCUT2D eigenvalue weighted by Gasteiger charge is -2.14. The molecular formula is C27H30N6O4. The Bertz CT molecular complexity index is 1460. The lowest BCUT2D eigenvalue weighted by Crippen LogP contribution is -2.18. The molecule has 3 heterocycles. The third kappa shape index (κ3) is 5.82. The number of aromatic nitrogens is 4. The van der Waals surface area contributed by atoms with Gasteiger partial charge in [0.2, 0.25) is 0 Å². The summed E-state index contributed by atoms with van der Waals surface area (Å²) in [5.41, 5.74) is 9.69. The minimum atomic E-state index is -0.307. The number of ether oxygens (including phenoxy) is 3. The summed E-state index contributed by atoms with van der Waals surface area (Å²) in [5.74, 6) is 1.71. The number of nitrogens with two attached hydrogens (primary N) is 1. The van der Waals surface area contributed by atoms with Gasteiger partial charge >= 0.3 is 11.7 Å². The molecule has 0 saturated heterocycles. The molecule has 0 unspecified atom stereocenters. The number of fused-ring (bicyclic) bond motifs is 3. The highest BCUT2D eigenvalue weighted by atomic mass is 16.5. The van der Waals surface area contributed by atoms with Crippen LogP contribution >= 0.6 is 0 Å². The van der Waals surface area contributed by atoms with E-state index < -0.39 is 0 Å². The van der Waals surface area contributed by atoms with Crippen molar-refractivity contribution >= 4 is 17.0 Å². The van der Waals surface area contributed by atoms with Gasteiger partial charge in [-0.25, -0.2) is 4.79 Å². The van der Waals surface area contributed by atoms with Crippen LogP contribution < -0.4 is 26.2 Å². The molecule has 4 aromatic rings. The van der Waals surface area contributed by atoms with Crippen LogP contribution in [-0.4, -0.2) is 46.4 Å². The summed E-state index contributed by atoms with van der Waals surface area (Å²) in [6.45, 7) is 2.96. The summed E-state index contributed by atoms with van der Waals surface area (Å²) in [6.07, 6.45) is 5.50. The third-order valence-electron chi connectivity index (χ3n) is 6.08. The van der Waals surface area contributed by atoms with E-state index in [1.807, 2.05) is 36.4 Å². The van der Waals surface area contributed by atoms with Crippen LogP contribution in [0.3, 0.4) is 0 Å². The molecule has 4 bridgehead atoms. The maximum absolute atomic E-state index is 12.7. The second kappa shape index (κ2) is 11.3. The van der Waals surface area contributed by atoms with Crippen LogP contribution in [0.25, 0.3) is 11.2 Å². The second-order valence-corrected chi connectivity index (χ2v) is 8.78. The Morgan fingerprint density at radius 1 is 1.16 bits per heavy atom. The van der Waals surface area contributed by atoms with Gasteiger partial charge in [-0.2, -0.15) is 9.97 Å². The number of imidazole rings is 1. The maximum Gasteiger partial charge on any atom is 0.328 e. The molecule has 4 N–H and O–H groups in total. The van der Waals surface area contributed by atoms with Gasteiger partial charge in [-0.1, -0.05) is 30.4 Å². The largest absolute Gasteiger partial charge is 0.463 e. The molecule has 10 heteroatoms. The summed E-state index contributed by atoms with van der Waals surface area (Å²) < 4.78 is 18.6. The third-order valence-corrected chi connectivity index (χ3v) is 6.08. The highest BCUT2D eigenvalue weighted by molar-refractivity contribution is 5.82. The van der Waals surface area contributed by atoms with Crippen molar-refractivity contribution in [2.45, 2.75) is 25.9 Å². The summed E-state index contributed by atoms with van der Waals surface area (Å²) >= 11 is 0. The van der Waals surface area contributed by atoms with Crippen molar-refractivity contribution < 1.29 is 14.2 Å². The minimum Gasteiger partial charge on any atom is -0.463 e. The number of rotatable bonds is 7. The first kappa shape index (κ1) is 24.5. The number of benzene rings is 2. The number of nitrogens with one attached hydrogen (secondary N) is 2. The Morgan fingerprint density at radius 2 is 2.03 bits per heavy atom. The number of hydrogen-bond donors (Lipinski definition) is 3. The summed E-state index contributed by atoms with van der Waals surface area (Å²) in [4.78, 5) is 24.1. The minimum absolute atomic E-state index is 0.157. The molecule has 10 nitrogen and oxygen atoms in total. The lowest BCUT2D eigenvalue weighted by molar-refractivity contribution is 0.199. The zero-order valence-corrected chi connectivity index (χ0v) is 20.7. The van der Waals surface area contributed by atoms with Crippen LogP contribution in [0.2, 0.25) is 0 Å². The predicted octanol–water partition coefficient (Wildman–Crippen LogP) is 3.16. The van der Waals surface area contributed by atoms with Gasteiger partial charge in [0.1, 0.15) is 17.0 Å². The van der Waals surface area contributed by atoms with Gasteiger partial charge in [0.05, 0.1) is 19.8 Å². The fourth-order valence-electron chi connectivity index (χ4n) is 4.17. The van der Waals surface area contributed by atoms with Gasteiger partial charge in [0.25, 0.3) is 0 Å². The molecule has 1 aliphatic heterocycles. The van der Waals surface area contributed by atoms with Crippen molar-refractivity contribution in [3.63, 3.8) is 0 Å². The fraction of sp³-hybridized carbons (Fsp3) is 0.296. The van der Waals surface area contributed by atoms with E-state index in [0.29, 0.717) is 43.8 Å². The number of hydrogen-bond acceptors (Lipinski definition) is 8. The van der Waals surface area contributed by atoms with Crippen LogP contribution in [0.5, 0.6) is 17.5 Å². The zero-order chi connectivity index (χ0) is 25.6. The van der Waals surface area contributed by atoms with Crippen LogP contribution in [0, 0.1) is 0 Å². The highest BCUT2D eigenvalue weighted by Crippen LogP contribution is 2.28. The SMILES string of the molecule is COCCNCc1ccc(Oc2ccc3cc2C/C=C/CCOc2nc(N)c4[nH]c(=O)n(c4n2)C3)cc1. The smallest absolute Gasteiger partial charge is 0.328 e. The molecule has 0 radical (unpaired) electrons. The number of H-pyrrole nitrogens is 1. The Kier molecular flexibility index (Phi) is 7.48.